The van der Waals surface area contributed by atoms with Gasteiger partial charge in [0.15, 0.2) is 0 Å². The molecule has 0 aromatic carbocycles. The Hall–Kier alpha value is -0.770. The molecule has 14 heavy (non-hydrogen) atoms. The van der Waals surface area contributed by atoms with Crippen molar-refractivity contribution in [2.45, 2.75) is 57.5 Å². The van der Waals surface area contributed by atoms with E-state index in [-0.39, 0.29) is 0 Å². The van der Waals surface area contributed by atoms with Gasteiger partial charge in [0.1, 0.15) is 5.84 Å². The van der Waals surface area contributed by atoms with Crippen molar-refractivity contribution in [3.8, 4) is 0 Å². The fourth-order valence-electron chi connectivity index (χ4n) is 2.09. The molecule has 1 atom stereocenters. The minimum Gasteiger partial charge on any atom is -0.409 e. The number of hydrogen-bond donors (Lipinski definition) is 3. The van der Waals surface area contributed by atoms with Gasteiger partial charge in [-0.05, 0) is 19.8 Å². The smallest absolute Gasteiger partial charge is 0.140 e. The number of hydrogen-bond acceptors (Lipinski definition) is 3. The van der Waals surface area contributed by atoms with E-state index in [1.54, 1.807) is 0 Å². The van der Waals surface area contributed by atoms with Crippen molar-refractivity contribution >= 4 is 5.84 Å². The molecule has 0 amide bonds. The summed E-state index contributed by atoms with van der Waals surface area (Å²) in [7, 11) is 0. The fourth-order valence-corrected chi connectivity index (χ4v) is 2.09. The summed E-state index contributed by atoms with van der Waals surface area (Å²) in [6.45, 7) is 2.08. The highest BCUT2D eigenvalue weighted by atomic mass is 16.4. The zero-order valence-electron chi connectivity index (χ0n) is 8.87. The largest absolute Gasteiger partial charge is 0.409 e. The molecule has 82 valence electrons. The predicted molar refractivity (Wildman–Crippen MR) is 57.5 cm³/mol. The van der Waals surface area contributed by atoms with E-state index in [0.29, 0.717) is 24.3 Å². The SMILES string of the molecule is CC(CC(N)=NO)NC1CCCCC1. The number of nitrogens with zero attached hydrogens (tertiary/aromatic N) is 1. The van der Waals surface area contributed by atoms with E-state index < -0.39 is 0 Å². The third-order valence-corrected chi connectivity index (χ3v) is 2.77. The summed E-state index contributed by atoms with van der Waals surface area (Å²) in [5.41, 5.74) is 5.44. The normalized spacial score (nSPS) is 22.2. The third kappa shape index (κ3) is 3.96. The van der Waals surface area contributed by atoms with Crippen LogP contribution in [0.4, 0.5) is 0 Å². The summed E-state index contributed by atoms with van der Waals surface area (Å²) in [4.78, 5) is 0. The van der Waals surface area contributed by atoms with Crippen LogP contribution >= 0.6 is 0 Å². The lowest BCUT2D eigenvalue weighted by atomic mass is 9.95. The quantitative estimate of drug-likeness (QED) is 0.278. The molecule has 0 radical (unpaired) electrons. The third-order valence-electron chi connectivity index (χ3n) is 2.77. The van der Waals surface area contributed by atoms with Gasteiger partial charge in [0.25, 0.3) is 0 Å². The molecule has 1 fully saturated rings. The van der Waals surface area contributed by atoms with E-state index in [0.717, 1.165) is 0 Å². The lowest BCUT2D eigenvalue weighted by Crippen LogP contribution is -2.39. The molecule has 1 saturated carbocycles. The van der Waals surface area contributed by atoms with Crippen molar-refractivity contribution in [3.05, 3.63) is 0 Å². The van der Waals surface area contributed by atoms with Crippen LogP contribution < -0.4 is 11.1 Å². The van der Waals surface area contributed by atoms with Gasteiger partial charge in [-0.1, -0.05) is 24.4 Å². The van der Waals surface area contributed by atoms with Crippen molar-refractivity contribution < 1.29 is 5.21 Å². The molecule has 4 nitrogen and oxygen atoms in total. The molecule has 0 spiro atoms. The summed E-state index contributed by atoms with van der Waals surface area (Å²) in [5.74, 6) is 0.306. The molecule has 4 heteroatoms. The Morgan fingerprint density at radius 1 is 1.50 bits per heavy atom. The average Bonchev–Trinajstić information content (AvgIpc) is 2.19. The maximum atomic E-state index is 8.42. The van der Waals surface area contributed by atoms with Crippen LogP contribution in [0, 0.1) is 0 Å². The first-order valence-corrected chi connectivity index (χ1v) is 5.45. The maximum absolute atomic E-state index is 8.42. The number of nitrogens with two attached hydrogens (primary N) is 1. The summed E-state index contributed by atoms with van der Waals surface area (Å²) < 4.78 is 0. The monoisotopic (exact) mass is 199 g/mol. The van der Waals surface area contributed by atoms with Gasteiger partial charge in [0.05, 0.1) is 0 Å². The first-order valence-electron chi connectivity index (χ1n) is 5.45. The highest BCUT2D eigenvalue weighted by Gasteiger charge is 2.15. The average molecular weight is 199 g/mol. The maximum Gasteiger partial charge on any atom is 0.140 e. The molecule has 0 aromatic heterocycles. The van der Waals surface area contributed by atoms with E-state index in [2.05, 4.69) is 17.4 Å². The van der Waals surface area contributed by atoms with Gasteiger partial charge >= 0.3 is 0 Å². The van der Waals surface area contributed by atoms with Crippen LogP contribution in [0.3, 0.4) is 0 Å². The highest BCUT2D eigenvalue weighted by Crippen LogP contribution is 2.18. The van der Waals surface area contributed by atoms with E-state index in [1.807, 2.05) is 0 Å². The lowest BCUT2D eigenvalue weighted by molar-refractivity contribution is 0.312. The van der Waals surface area contributed by atoms with Crippen LogP contribution in [-0.2, 0) is 0 Å². The van der Waals surface area contributed by atoms with E-state index in [1.165, 1.54) is 32.1 Å². The minimum atomic E-state index is 0.300. The van der Waals surface area contributed by atoms with Crippen molar-refractivity contribution in [3.63, 3.8) is 0 Å². The molecular weight excluding hydrogens is 178 g/mol. The first kappa shape index (κ1) is 11.3. The Labute approximate surface area is 85.6 Å². The summed E-state index contributed by atoms with van der Waals surface area (Å²) in [6.07, 6.45) is 7.17. The van der Waals surface area contributed by atoms with Gasteiger partial charge in [-0.25, -0.2) is 0 Å². The number of rotatable bonds is 4. The van der Waals surface area contributed by atoms with Crippen LogP contribution in [-0.4, -0.2) is 23.1 Å². The Kier molecular flexibility index (Phi) is 4.73. The second kappa shape index (κ2) is 5.86. The number of amidine groups is 1. The second-order valence-corrected chi connectivity index (χ2v) is 4.20. The van der Waals surface area contributed by atoms with Gasteiger partial charge in [0, 0.05) is 18.5 Å². The number of oxime groups is 1. The Morgan fingerprint density at radius 3 is 2.71 bits per heavy atom. The van der Waals surface area contributed by atoms with Gasteiger partial charge in [-0.15, -0.1) is 0 Å². The lowest BCUT2D eigenvalue weighted by Gasteiger charge is -2.26. The van der Waals surface area contributed by atoms with Crippen molar-refractivity contribution in [2.75, 3.05) is 0 Å². The molecule has 1 unspecified atom stereocenters. The molecule has 0 aliphatic heterocycles. The van der Waals surface area contributed by atoms with Crippen molar-refractivity contribution in [1.29, 1.82) is 0 Å². The second-order valence-electron chi connectivity index (χ2n) is 4.20. The van der Waals surface area contributed by atoms with Crippen molar-refractivity contribution in [1.82, 2.24) is 5.32 Å². The van der Waals surface area contributed by atoms with Crippen molar-refractivity contribution in [2.24, 2.45) is 10.9 Å². The van der Waals surface area contributed by atoms with Crippen LogP contribution in [0.1, 0.15) is 45.4 Å². The molecule has 1 aliphatic carbocycles. The van der Waals surface area contributed by atoms with Gasteiger partial charge in [-0.2, -0.15) is 0 Å². The van der Waals surface area contributed by atoms with E-state index >= 15 is 0 Å². The minimum absolute atomic E-state index is 0.300. The zero-order chi connectivity index (χ0) is 10.4. The molecule has 0 aromatic rings. The fraction of sp³-hybridized carbons (Fsp3) is 0.900. The molecule has 1 aliphatic rings. The summed E-state index contributed by atoms with van der Waals surface area (Å²) in [5, 5.41) is 14.9. The van der Waals surface area contributed by atoms with Gasteiger partial charge < -0.3 is 16.3 Å². The first-order chi connectivity index (χ1) is 6.72. The summed E-state index contributed by atoms with van der Waals surface area (Å²) in [6, 6.07) is 0.930. The Bertz CT molecular complexity index is 188. The Balaban J connectivity index is 2.21. The number of nitrogens with one attached hydrogen (secondary N) is 1. The van der Waals surface area contributed by atoms with Crippen LogP contribution in [0.2, 0.25) is 0 Å². The standard InChI is InChI=1S/C10H21N3O/c1-8(7-10(11)13-14)12-9-5-3-2-4-6-9/h8-9,12,14H,2-7H2,1H3,(H2,11,13). The van der Waals surface area contributed by atoms with Gasteiger partial charge in [0.2, 0.25) is 0 Å². The van der Waals surface area contributed by atoms with Crippen LogP contribution in [0.15, 0.2) is 5.16 Å². The molecular formula is C10H21N3O. The predicted octanol–water partition coefficient (Wildman–Crippen LogP) is 1.43. The topological polar surface area (TPSA) is 70.6 Å². The van der Waals surface area contributed by atoms with Crippen LogP contribution in [0.5, 0.6) is 0 Å². The molecule has 0 bridgehead atoms. The summed E-state index contributed by atoms with van der Waals surface area (Å²) >= 11 is 0. The van der Waals surface area contributed by atoms with E-state index in [9.17, 15) is 0 Å². The van der Waals surface area contributed by atoms with Crippen LogP contribution in [0.25, 0.3) is 0 Å². The van der Waals surface area contributed by atoms with E-state index in [4.69, 9.17) is 10.9 Å². The highest BCUT2D eigenvalue weighted by molar-refractivity contribution is 5.80. The van der Waals surface area contributed by atoms with Gasteiger partial charge in [-0.3, -0.25) is 0 Å². The molecule has 1 rings (SSSR count). The zero-order valence-corrected chi connectivity index (χ0v) is 8.87. The molecule has 0 saturated heterocycles. The molecule has 4 N–H and O–H groups in total. The molecule has 0 heterocycles. The Morgan fingerprint density at radius 2 is 2.14 bits per heavy atom.